The van der Waals surface area contributed by atoms with Gasteiger partial charge in [0.2, 0.25) is 0 Å². The molecule has 0 fully saturated rings. The van der Waals surface area contributed by atoms with Gasteiger partial charge in [-0.2, -0.15) is 0 Å². The summed E-state index contributed by atoms with van der Waals surface area (Å²) in [7, 11) is 4.18. The summed E-state index contributed by atoms with van der Waals surface area (Å²) in [5.41, 5.74) is 8.22. The number of thioether (sulfide) groups is 1. The van der Waals surface area contributed by atoms with Gasteiger partial charge in [-0.15, -0.1) is 12.4 Å². The normalized spacial score (nSPS) is 10.5. The van der Waals surface area contributed by atoms with Crippen LogP contribution in [0.25, 0.3) is 0 Å². The predicted molar refractivity (Wildman–Crippen MR) is 94.3 cm³/mol. The molecule has 22 heavy (non-hydrogen) atoms. The first-order valence-electron chi connectivity index (χ1n) is 6.42. The molecule has 0 saturated carbocycles. The summed E-state index contributed by atoms with van der Waals surface area (Å²) >= 11 is 1.62. The van der Waals surface area contributed by atoms with Gasteiger partial charge in [0.15, 0.2) is 0 Å². The van der Waals surface area contributed by atoms with Crippen molar-refractivity contribution in [2.75, 3.05) is 26.4 Å². The Balaban J connectivity index is 0. The van der Waals surface area contributed by atoms with Crippen molar-refractivity contribution in [2.45, 2.75) is 13.3 Å². The molecule has 0 aromatic heterocycles. The number of hydrogen-bond acceptors (Lipinski definition) is 5. The van der Waals surface area contributed by atoms with E-state index in [4.69, 9.17) is 21.1 Å². The maximum atomic E-state index is 8.25. The van der Waals surface area contributed by atoms with Crippen molar-refractivity contribution in [1.29, 1.82) is 0 Å². The number of hydrogen-bond donors (Lipinski definition) is 2. The number of nitrogens with zero attached hydrogens (tertiary/aromatic N) is 2. The smallest absolute Gasteiger partial charge is 0.307 e. The van der Waals surface area contributed by atoms with Crippen LogP contribution in [0.2, 0.25) is 0 Å². The molecule has 0 bridgehead atoms. The van der Waals surface area contributed by atoms with Gasteiger partial charge in [-0.05, 0) is 50.0 Å². The number of nitrogens with two attached hydrogens (primary N) is 1. The molecule has 3 N–H and O–H groups in total. The maximum absolute atomic E-state index is 8.25. The van der Waals surface area contributed by atoms with Crippen molar-refractivity contribution in [3.8, 4) is 0 Å². The van der Waals surface area contributed by atoms with Crippen LogP contribution in [0.15, 0.2) is 24.3 Å². The molecule has 1 aromatic carbocycles. The largest absolute Gasteiger partial charge is 0.356 e. The summed E-state index contributed by atoms with van der Waals surface area (Å²) in [6.45, 7) is 3.16. The Labute approximate surface area is 141 Å². The van der Waals surface area contributed by atoms with Crippen LogP contribution in [-0.2, 0) is 6.42 Å². The summed E-state index contributed by atoms with van der Waals surface area (Å²) in [5, 5.41) is 15.5. The molecule has 0 amide bonds. The fourth-order valence-corrected chi connectivity index (χ4v) is 1.94. The van der Waals surface area contributed by atoms with Crippen LogP contribution in [0.5, 0.6) is 0 Å². The Bertz CT molecular complexity index is 451. The molecule has 0 aliphatic carbocycles. The summed E-state index contributed by atoms with van der Waals surface area (Å²) in [5.74, 6) is 0.986. The van der Waals surface area contributed by atoms with Crippen molar-refractivity contribution in [2.24, 2.45) is 5.73 Å². The van der Waals surface area contributed by atoms with Gasteiger partial charge in [0.05, 0.1) is 5.09 Å². The molecule has 0 spiro atoms. The highest BCUT2D eigenvalue weighted by molar-refractivity contribution is 8.13. The highest BCUT2D eigenvalue weighted by atomic mass is 35.5. The van der Waals surface area contributed by atoms with Crippen molar-refractivity contribution in [3.05, 3.63) is 45.2 Å². The summed E-state index contributed by atoms with van der Waals surface area (Å²) in [4.78, 5) is 13.6. The van der Waals surface area contributed by atoms with Crippen molar-refractivity contribution in [3.63, 3.8) is 0 Å². The summed E-state index contributed by atoms with van der Waals surface area (Å²) < 4.78 is 0. The average molecular weight is 351 g/mol. The quantitative estimate of drug-likeness (QED) is 0.351. The number of amidine groups is 1. The lowest BCUT2D eigenvalue weighted by Gasteiger charge is -2.08. The number of benzene rings is 1. The van der Waals surface area contributed by atoms with Crippen molar-refractivity contribution in [1.82, 2.24) is 4.90 Å². The third-order valence-corrected chi connectivity index (χ3v) is 3.07. The number of nitrogens with one attached hydrogen (secondary N) is 1. The van der Waals surface area contributed by atoms with Gasteiger partial charge in [0.1, 0.15) is 5.69 Å². The number of likely N-dealkylation sites (N-methyl/N-ethyl adjacent to an activating group) is 1. The molecule has 9 heteroatoms. The SMILES string of the molecule is CCSC(N)=[NH+]c1ccc(CCN(C)C)cc1.Cl.O=[N+]([O-])[O-]. The van der Waals surface area contributed by atoms with Crippen LogP contribution < -0.4 is 10.7 Å². The zero-order valence-electron chi connectivity index (χ0n) is 12.9. The van der Waals surface area contributed by atoms with E-state index in [1.165, 1.54) is 5.56 Å². The Morgan fingerprint density at radius 2 is 1.82 bits per heavy atom. The Hall–Kier alpha value is -1.51. The monoisotopic (exact) mass is 350 g/mol. The molecule has 7 nitrogen and oxygen atoms in total. The van der Waals surface area contributed by atoms with Crippen LogP contribution in [0.4, 0.5) is 5.69 Å². The lowest BCUT2D eigenvalue weighted by molar-refractivity contribution is -0.402. The van der Waals surface area contributed by atoms with E-state index >= 15 is 0 Å². The molecule has 0 aliphatic heterocycles. The Morgan fingerprint density at radius 3 is 2.23 bits per heavy atom. The molecule has 0 aliphatic rings. The van der Waals surface area contributed by atoms with E-state index in [0.29, 0.717) is 0 Å². The molecule has 0 unspecified atom stereocenters. The second-order valence-corrected chi connectivity index (χ2v) is 5.70. The average Bonchev–Trinajstić information content (AvgIpc) is 2.37. The van der Waals surface area contributed by atoms with E-state index < -0.39 is 5.09 Å². The molecule has 1 aromatic rings. The molecule has 0 heterocycles. The van der Waals surface area contributed by atoms with Crippen molar-refractivity contribution < 1.29 is 10.1 Å². The minimum Gasteiger partial charge on any atom is -0.356 e. The molecular weight excluding hydrogens is 328 g/mol. The van der Waals surface area contributed by atoms with E-state index in [0.717, 1.165) is 29.6 Å². The third kappa shape index (κ3) is 13.5. The number of halogens is 1. The molecule has 0 radical (unpaired) electrons. The summed E-state index contributed by atoms with van der Waals surface area (Å²) in [6.07, 6.45) is 1.08. The minimum atomic E-state index is -1.75. The van der Waals surface area contributed by atoms with Crippen molar-refractivity contribution >= 4 is 35.0 Å². The van der Waals surface area contributed by atoms with Gasteiger partial charge in [-0.25, -0.2) is 4.99 Å². The lowest BCUT2D eigenvalue weighted by atomic mass is 10.1. The van der Waals surface area contributed by atoms with E-state index in [2.05, 4.69) is 55.2 Å². The topological polar surface area (TPSA) is 109 Å². The predicted octanol–water partition coefficient (Wildman–Crippen LogP) is 0.753. The maximum Gasteiger partial charge on any atom is 0.307 e. The highest BCUT2D eigenvalue weighted by Gasteiger charge is 2.00. The molecular formula is C13H23ClN4O3S. The minimum absolute atomic E-state index is 0. The lowest BCUT2D eigenvalue weighted by Crippen LogP contribution is -2.68. The van der Waals surface area contributed by atoms with Crippen LogP contribution in [-0.4, -0.2) is 41.5 Å². The second kappa shape index (κ2) is 13.2. The zero-order valence-corrected chi connectivity index (χ0v) is 14.6. The molecule has 0 saturated heterocycles. The van der Waals surface area contributed by atoms with Gasteiger partial charge in [-0.1, -0.05) is 19.1 Å². The first-order chi connectivity index (χ1) is 9.85. The van der Waals surface area contributed by atoms with Crippen LogP contribution in [0.3, 0.4) is 0 Å². The van der Waals surface area contributed by atoms with E-state index in [1.807, 2.05) is 0 Å². The van der Waals surface area contributed by atoms with Crippen LogP contribution in [0.1, 0.15) is 12.5 Å². The third-order valence-electron chi connectivity index (χ3n) is 2.37. The fraction of sp³-hybridized carbons (Fsp3) is 0.462. The Kier molecular flexibility index (Phi) is 13.6. The van der Waals surface area contributed by atoms with Gasteiger partial charge in [-0.3, -0.25) is 5.73 Å². The van der Waals surface area contributed by atoms with Gasteiger partial charge >= 0.3 is 5.17 Å². The van der Waals surface area contributed by atoms with E-state index in [9.17, 15) is 0 Å². The van der Waals surface area contributed by atoms with Gasteiger partial charge in [0.25, 0.3) is 0 Å². The molecule has 126 valence electrons. The molecule has 1 rings (SSSR count). The second-order valence-electron chi connectivity index (χ2n) is 4.40. The number of rotatable bonds is 5. The summed E-state index contributed by atoms with van der Waals surface area (Å²) in [6, 6.07) is 8.45. The van der Waals surface area contributed by atoms with E-state index in [-0.39, 0.29) is 12.4 Å². The first kappa shape index (κ1) is 22.8. The zero-order chi connectivity index (χ0) is 16.3. The highest BCUT2D eigenvalue weighted by Crippen LogP contribution is 2.05. The Morgan fingerprint density at radius 1 is 1.32 bits per heavy atom. The van der Waals surface area contributed by atoms with E-state index in [1.54, 1.807) is 11.8 Å². The standard InChI is InChI=1S/C13H21N3S.ClH.NO3/c1-4-17-13(14)15-12-7-5-11(6-8-12)9-10-16(2)3;;2-1(3)4/h5-8H,4,9-10H2,1-3H3,(H2,14,15);1H;/q;;-1/p+1. The first-order valence-corrected chi connectivity index (χ1v) is 7.41. The fourth-order valence-electron chi connectivity index (χ4n) is 1.44. The van der Waals surface area contributed by atoms with Gasteiger partial charge < -0.3 is 20.2 Å². The van der Waals surface area contributed by atoms with Crippen LogP contribution in [0, 0.1) is 15.3 Å². The van der Waals surface area contributed by atoms with Gasteiger partial charge in [0, 0.05) is 12.3 Å². The van der Waals surface area contributed by atoms with Crippen LogP contribution >= 0.6 is 24.2 Å². The molecule has 0 atom stereocenters.